The Kier molecular flexibility index (Phi) is 5.15. The highest BCUT2D eigenvalue weighted by Crippen LogP contribution is 2.21. The Hall–Kier alpha value is -2.89. The molecule has 1 saturated heterocycles. The number of nitrogens with one attached hydrogen (secondary N) is 2. The van der Waals surface area contributed by atoms with Crippen LogP contribution in [0.25, 0.3) is 22.2 Å². The van der Waals surface area contributed by atoms with Gasteiger partial charge in [0.25, 0.3) is 0 Å². The maximum atomic E-state index is 5.47. The highest BCUT2D eigenvalue weighted by molar-refractivity contribution is 5.81. The molecule has 0 radical (unpaired) electrons. The monoisotopic (exact) mass is 386 g/mol. The second kappa shape index (κ2) is 8.23. The van der Waals surface area contributed by atoms with Crippen molar-refractivity contribution >= 4 is 10.9 Å². The predicted molar refractivity (Wildman–Crippen MR) is 115 cm³/mol. The van der Waals surface area contributed by atoms with Gasteiger partial charge >= 0.3 is 0 Å². The van der Waals surface area contributed by atoms with Gasteiger partial charge in [0, 0.05) is 47.9 Å². The summed E-state index contributed by atoms with van der Waals surface area (Å²) < 4.78 is 5.47. The normalized spacial score (nSPS) is 14.8. The molecule has 0 spiro atoms. The first-order chi connectivity index (χ1) is 14.3. The fourth-order valence-corrected chi connectivity index (χ4v) is 4.09. The number of likely N-dealkylation sites (tertiary alicyclic amines) is 1. The Bertz CT molecular complexity index is 1080. The molecule has 4 aromatic rings. The molecule has 1 fully saturated rings. The Labute approximate surface area is 170 Å². The number of rotatable bonds is 7. The van der Waals surface area contributed by atoms with Crippen molar-refractivity contribution in [3.05, 3.63) is 77.6 Å². The van der Waals surface area contributed by atoms with E-state index in [1.807, 2.05) is 36.4 Å². The largest absolute Gasteiger partial charge is 0.357 e. The number of aromatic nitrogens is 2. The lowest BCUT2D eigenvalue weighted by Crippen LogP contribution is -2.18. The Morgan fingerprint density at radius 3 is 2.69 bits per heavy atom. The molecule has 0 saturated carbocycles. The maximum absolute atomic E-state index is 5.47. The van der Waals surface area contributed by atoms with Crippen LogP contribution in [0, 0.1) is 0 Å². The van der Waals surface area contributed by atoms with Crippen molar-refractivity contribution in [3.8, 4) is 11.3 Å². The van der Waals surface area contributed by atoms with Gasteiger partial charge in [0.1, 0.15) is 0 Å². The Balaban J connectivity index is 1.19. The van der Waals surface area contributed by atoms with Gasteiger partial charge < -0.3 is 14.8 Å². The number of H-pyrrole nitrogens is 1. The van der Waals surface area contributed by atoms with Crippen molar-refractivity contribution in [2.24, 2.45) is 0 Å². The van der Waals surface area contributed by atoms with Crippen molar-refractivity contribution in [1.82, 2.24) is 20.4 Å². The molecule has 0 atom stereocenters. The quantitative estimate of drug-likeness (QED) is 0.483. The van der Waals surface area contributed by atoms with Gasteiger partial charge in [-0.05, 0) is 49.7 Å². The highest BCUT2D eigenvalue weighted by Gasteiger charge is 2.13. The second-order valence-corrected chi connectivity index (χ2v) is 7.85. The topological polar surface area (TPSA) is 57.1 Å². The zero-order valence-electron chi connectivity index (χ0n) is 16.5. The molecule has 2 aromatic carbocycles. The van der Waals surface area contributed by atoms with Crippen molar-refractivity contribution < 1.29 is 4.52 Å². The summed E-state index contributed by atoms with van der Waals surface area (Å²) in [6.45, 7) is 4.95. The summed E-state index contributed by atoms with van der Waals surface area (Å²) >= 11 is 0. The van der Waals surface area contributed by atoms with Crippen LogP contribution in [0.5, 0.6) is 0 Å². The number of fused-ring (bicyclic) bond motifs is 1. The first kappa shape index (κ1) is 18.2. The van der Waals surface area contributed by atoms with E-state index in [2.05, 4.69) is 44.6 Å². The SMILES string of the molecule is c1ccc(-c2cc(CNCc3ccc4[nH]c(CN5CCCC5)cc4c3)no2)cc1. The van der Waals surface area contributed by atoms with Crippen LogP contribution in [0.4, 0.5) is 0 Å². The molecule has 0 aliphatic carbocycles. The van der Waals surface area contributed by atoms with Gasteiger partial charge in [-0.3, -0.25) is 4.90 Å². The summed E-state index contributed by atoms with van der Waals surface area (Å²) in [6, 6.07) is 21.0. The van der Waals surface area contributed by atoms with E-state index in [0.717, 1.165) is 30.1 Å². The standard InChI is InChI=1S/C24H26N4O/c1-2-6-19(7-3-1)24-14-21(27-29-24)16-25-15-18-8-9-23-20(12-18)13-22(26-23)17-28-10-4-5-11-28/h1-3,6-9,12-14,25-26H,4-5,10-11,15-17H2. The second-order valence-electron chi connectivity index (χ2n) is 7.85. The minimum atomic E-state index is 0.682. The van der Waals surface area contributed by atoms with Crippen LogP contribution in [0.3, 0.4) is 0 Å². The lowest BCUT2D eigenvalue weighted by atomic mass is 10.1. The van der Waals surface area contributed by atoms with Gasteiger partial charge in [0.2, 0.25) is 0 Å². The summed E-state index contributed by atoms with van der Waals surface area (Å²) in [4.78, 5) is 6.09. The maximum Gasteiger partial charge on any atom is 0.167 e. The van der Waals surface area contributed by atoms with Crippen LogP contribution in [-0.2, 0) is 19.6 Å². The molecule has 0 bridgehead atoms. The van der Waals surface area contributed by atoms with Crippen LogP contribution >= 0.6 is 0 Å². The minimum absolute atomic E-state index is 0.682. The fourth-order valence-electron chi connectivity index (χ4n) is 4.09. The molecule has 2 aromatic heterocycles. The Morgan fingerprint density at radius 1 is 0.966 bits per heavy atom. The summed E-state index contributed by atoms with van der Waals surface area (Å²) in [6.07, 6.45) is 2.66. The smallest absolute Gasteiger partial charge is 0.167 e. The fraction of sp³-hybridized carbons (Fsp3) is 0.292. The van der Waals surface area contributed by atoms with Crippen molar-refractivity contribution in [1.29, 1.82) is 0 Å². The molecule has 0 unspecified atom stereocenters. The van der Waals surface area contributed by atoms with E-state index >= 15 is 0 Å². The molecule has 5 nitrogen and oxygen atoms in total. The van der Waals surface area contributed by atoms with E-state index in [4.69, 9.17) is 4.52 Å². The molecule has 0 amide bonds. The molecule has 148 valence electrons. The van der Waals surface area contributed by atoms with E-state index in [-0.39, 0.29) is 0 Å². The first-order valence-electron chi connectivity index (χ1n) is 10.4. The molecule has 2 N–H and O–H groups in total. The number of aromatic amines is 1. The molecular weight excluding hydrogens is 360 g/mol. The summed E-state index contributed by atoms with van der Waals surface area (Å²) in [5, 5.41) is 8.93. The predicted octanol–water partition coefficient (Wildman–Crippen LogP) is 4.71. The van der Waals surface area contributed by atoms with Crippen LogP contribution in [-0.4, -0.2) is 28.1 Å². The molecular formula is C24H26N4O. The van der Waals surface area contributed by atoms with Crippen molar-refractivity contribution in [3.63, 3.8) is 0 Å². The van der Waals surface area contributed by atoms with Crippen LogP contribution in [0.15, 0.2) is 65.2 Å². The van der Waals surface area contributed by atoms with E-state index in [9.17, 15) is 0 Å². The summed E-state index contributed by atoms with van der Waals surface area (Å²) in [5.74, 6) is 0.807. The zero-order chi connectivity index (χ0) is 19.5. The van der Waals surface area contributed by atoms with Crippen LogP contribution in [0.2, 0.25) is 0 Å². The molecule has 3 heterocycles. The van der Waals surface area contributed by atoms with Crippen LogP contribution in [0.1, 0.15) is 29.8 Å². The molecule has 1 aliphatic rings. The van der Waals surface area contributed by atoms with Crippen molar-refractivity contribution in [2.75, 3.05) is 13.1 Å². The van der Waals surface area contributed by atoms with Crippen LogP contribution < -0.4 is 5.32 Å². The lowest BCUT2D eigenvalue weighted by Gasteiger charge is -2.12. The number of hydrogen-bond acceptors (Lipinski definition) is 4. The summed E-state index contributed by atoms with van der Waals surface area (Å²) in [5.41, 5.74) is 5.76. The van der Waals surface area contributed by atoms with Gasteiger partial charge in [0.05, 0.1) is 5.69 Å². The molecule has 5 heteroatoms. The number of nitrogens with zero attached hydrogens (tertiary/aromatic N) is 2. The average Bonchev–Trinajstić information content (AvgIpc) is 3.49. The highest BCUT2D eigenvalue weighted by atomic mass is 16.5. The Morgan fingerprint density at radius 2 is 1.83 bits per heavy atom. The van der Waals surface area contributed by atoms with Gasteiger partial charge in [0.15, 0.2) is 5.76 Å². The molecule has 29 heavy (non-hydrogen) atoms. The third kappa shape index (κ3) is 4.26. The number of benzene rings is 2. The third-order valence-corrected chi connectivity index (χ3v) is 5.59. The third-order valence-electron chi connectivity index (χ3n) is 5.59. The number of hydrogen-bond donors (Lipinski definition) is 2. The van der Waals surface area contributed by atoms with Gasteiger partial charge in [-0.1, -0.05) is 41.6 Å². The van der Waals surface area contributed by atoms with E-state index < -0.39 is 0 Å². The lowest BCUT2D eigenvalue weighted by molar-refractivity contribution is 0.328. The molecule has 1 aliphatic heterocycles. The van der Waals surface area contributed by atoms with Gasteiger partial charge in [-0.2, -0.15) is 0 Å². The van der Waals surface area contributed by atoms with Gasteiger partial charge in [-0.25, -0.2) is 0 Å². The average molecular weight is 386 g/mol. The zero-order valence-corrected chi connectivity index (χ0v) is 16.5. The first-order valence-corrected chi connectivity index (χ1v) is 10.4. The van der Waals surface area contributed by atoms with E-state index in [0.29, 0.717) is 6.54 Å². The van der Waals surface area contributed by atoms with E-state index in [1.165, 1.54) is 48.1 Å². The molecule has 5 rings (SSSR count). The van der Waals surface area contributed by atoms with E-state index in [1.54, 1.807) is 0 Å². The van der Waals surface area contributed by atoms with Gasteiger partial charge in [-0.15, -0.1) is 0 Å². The summed E-state index contributed by atoms with van der Waals surface area (Å²) in [7, 11) is 0. The minimum Gasteiger partial charge on any atom is -0.357 e. The van der Waals surface area contributed by atoms with Crippen molar-refractivity contribution in [2.45, 2.75) is 32.5 Å².